The van der Waals surface area contributed by atoms with E-state index >= 15 is 0 Å². The molecule has 0 heterocycles. The number of halogens is 1. The molecule has 0 aliphatic carbocycles. The highest BCUT2D eigenvalue weighted by atomic mass is 79.9. The minimum absolute atomic E-state index is 0.202. The Kier molecular flexibility index (Phi) is 5.47. The maximum Gasteiger partial charge on any atom is 0.127 e. The van der Waals surface area contributed by atoms with Crippen LogP contribution in [0.25, 0.3) is 0 Å². The highest BCUT2D eigenvalue weighted by Crippen LogP contribution is 2.29. The van der Waals surface area contributed by atoms with E-state index in [-0.39, 0.29) is 6.10 Å². The van der Waals surface area contributed by atoms with E-state index in [1.807, 2.05) is 0 Å². The van der Waals surface area contributed by atoms with Gasteiger partial charge in [0.15, 0.2) is 0 Å². The van der Waals surface area contributed by atoms with Crippen molar-refractivity contribution in [1.29, 1.82) is 0 Å². The summed E-state index contributed by atoms with van der Waals surface area (Å²) in [6.07, 6.45) is 0.202. The largest absolute Gasteiger partial charge is 0.490 e. The van der Waals surface area contributed by atoms with Crippen LogP contribution in [0.1, 0.15) is 38.8 Å². The lowest BCUT2D eigenvalue weighted by Gasteiger charge is -2.18. The molecule has 0 atom stereocenters. The van der Waals surface area contributed by atoms with Crippen molar-refractivity contribution in [3.05, 3.63) is 27.7 Å². The van der Waals surface area contributed by atoms with Crippen LogP contribution in [0.15, 0.2) is 16.6 Å². The molecule has 0 bridgehead atoms. The molecule has 2 nitrogen and oxygen atoms in total. The Hall–Kier alpha value is -0.540. The molecule has 96 valence electrons. The summed E-state index contributed by atoms with van der Waals surface area (Å²) < 4.78 is 7.01. The first-order valence-corrected chi connectivity index (χ1v) is 6.88. The van der Waals surface area contributed by atoms with Crippen molar-refractivity contribution in [2.75, 3.05) is 0 Å². The summed E-state index contributed by atoms with van der Waals surface area (Å²) >= 11 is 3.54. The molecule has 0 saturated carbocycles. The van der Waals surface area contributed by atoms with Gasteiger partial charge in [-0.15, -0.1) is 0 Å². The van der Waals surface area contributed by atoms with Gasteiger partial charge in [0.1, 0.15) is 5.75 Å². The van der Waals surface area contributed by atoms with E-state index in [9.17, 15) is 0 Å². The predicted molar refractivity (Wildman–Crippen MR) is 76.6 cm³/mol. The standard InChI is InChI=1S/C14H22BrNO/c1-9(2)16-8-12-7-13(15)6-11(5)14(12)17-10(3)4/h6-7,9-10,16H,8H2,1-5H3. The van der Waals surface area contributed by atoms with Gasteiger partial charge in [-0.3, -0.25) is 0 Å². The molecule has 0 unspecified atom stereocenters. The molecular weight excluding hydrogens is 278 g/mol. The highest BCUT2D eigenvalue weighted by Gasteiger charge is 2.10. The molecule has 0 saturated heterocycles. The fourth-order valence-corrected chi connectivity index (χ4v) is 2.27. The lowest BCUT2D eigenvalue weighted by Crippen LogP contribution is -2.22. The molecule has 0 aliphatic rings. The van der Waals surface area contributed by atoms with Gasteiger partial charge in [0.05, 0.1) is 6.10 Å². The van der Waals surface area contributed by atoms with Gasteiger partial charge in [0.2, 0.25) is 0 Å². The zero-order valence-corrected chi connectivity index (χ0v) is 12.9. The average molecular weight is 300 g/mol. The number of ether oxygens (including phenoxy) is 1. The van der Waals surface area contributed by atoms with Crippen LogP contribution >= 0.6 is 15.9 Å². The van der Waals surface area contributed by atoms with Crippen molar-refractivity contribution in [1.82, 2.24) is 5.32 Å². The summed E-state index contributed by atoms with van der Waals surface area (Å²) in [6, 6.07) is 4.69. The van der Waals surface area contributed by atoms with Crippen molar-refractivity contribution in [3.63, 3.8) is 0 Å². The number of hydrogen-bond acceptors (Lipinski definition) is 2. The lowest BCUT2D eigenvalue weighted by molar-refractivity contribution is 0.237. The van der Waals surface area contributed by atoms with Crippen LogP contribution in [0.3, 0.4) is 0 Å². The minimum atomic E-state index is 0.202. The first-order valence-electron chi connectivity index (χ1n) is 6.09. The molecule has 1 aromatic carbocycles. The normalized spacial score (nSPS) is 11.3. The first kappa shape index (κ1) is 14.5. The Labute approximate surface area is 113 Å². The molecule has 1 aromatic rings. The predicted octanol–water partition coefficient (Wildman–Crippen LogP) is 4.04. The van der Waals surface area contributed by atoms with E-state index in [4.69, 9.17) is 4.74 Å². The molecule has 1 rings (SSSR count). The van der Waals surface area contributed by atoms with Crippen LogP contribution in [0.2, 0.25) is 0 Å². The average Bonchev–Trinajstić information content (AvgIpc) is 2.18. The maximum atomic E-state index is 5.90. The number of nitrogens with one attached hydrogen (secondary N) is 1. The topological polar surface area (TPSA) is 21.3 Å². The molecule has 17 heavy (non-hydrogen) atoms. The monoisotopic (exact) mass is 299 g/mol. The second kappa shape index (κ2) is 6.41. The van der Waals surface area contributed by atoms with Crippen LogP contribution in [-0.2, 0) is 6.54 Å². The summed E-state index contributed by atoms with van der Waals surface area (Å²) in [5, 5.41) is 3.43. The van der Waals surface area contributed by atoms with Gasteiger partial charge in [-0.1, -0.05) is 29.8 Å². The van der Waals surface area contributed by atoms with Crippen LogP contribution < -0.4 is 10.1 Å². The third kappa shape index (κ3) is 4.68. The number of hydrogen-bond donors (Lipinski definition) is 1. The zero-order chi connectivity index (χ0) is 13.0. The van der Waals surface area contributed by atoms with Gasteiger partial charge in [-0.25, -0.2) is 0 Å². The number of aryl methyl sites for hydroxylation is 1. The molecule has 0 aliphatic heterocycles. The molecule has 0 radical (unpaired) electrons. The number of benzene rings is 1. The smallest absolute Gasteiger partial charge is 0.127 e. The van der Waals surface area contributed by atoms with Gasteiger partial charge in [0, 0.05) is 22.6 Å². The summed E-state index contributed by atoms with van der Waals surface area (Å²) in [5.41, 5.74) is 2.38. The molecule has 0 aromatic heterocycles. The van der Waals surface area contributed by atoms with Gasteiger partial charge >= 0.3 is 0 Å². The SMILES string of the molecule is Cc1cc(Br)cc(CNC(C)C)c1OC(C)C. The summed E-state index contributed by atoms with van der Waals surface area (Å²) in [7, 11) is 0. The van der Waals surface area contributed by atoms with Crippen molar-refractivity contribution < 1.29 is 4.74 Å². The summed E-state index contributed by atoms with van der Waals surface area (Å²) in [6.45, 7) is 11.3. The van der Waals surface area contributed by atoms with Crippen LogP contribution in [-0.4, -0.2) is 12.1 Å². The zero-order valence-electron chi connectivity index (χ0n) is 11.3. The van der Waals surface area contributed by atoms with Crippen LogP contribution in [0.5, 0.6) is 5.75 Å². The van der Waals surface area contributed by atoms with Gasteiger partial charge < -0.3 is 10.1 Å². The first-order chi connectivity index (χ1) is 7.90. The van der Waals surface area contributed by atoms with Gasteiger partial charge in [-0.2, -0.15) is 0 Å². The maximum absolute atomic E-state index is 5.90. The summed E-state index contributed by atoms with van der Waals surface area (Å²) in [4.78, 5) is 0. The van der Waals surface area contributed by atoms with Crippen molar-refractivity contribution >= 4 is 15.9 Å². The summed E-state index contributed by atoms with van der Waals surface area (Å²) in [5.74, 6) is 1.01. The van der Waals surface area contributed by atoms with Gasteiger partial charge in [0.25, 0.3) is 0 Å². The van der Waals surface area contributed by atoms with E-state index in [2.05, 4.69) is 68.0 Å². The molecule has 0 fully saturated rings. The van der Waals surface area contributed by atoms with E-state index in [0.717, 1.165) is 16.8 Å². The Morgan fingerprint density at radius 3 is 2.41 bits per heavy atom. The van der Waals surface area contributed by atoms with Crippen molar-refractivity contribution in [2.24, 2.45) is 0 Å². The highest BCUT2D eigenvalue weighted by molar-refractivity contribution is 9.10. The molecule has 0 spiro atoms. The number of rotatable bonds is 5. The quantitative estimate of drug-likeness (QED) is 0.886. The van der Waals surface area contributed by atoms with Crippen molar-refractivity contribution in [3.8, 4) is 5.75 Å². The Morgan fingerprint density at radius 1 is 1.24 bits per heavy atom. The molecule has 1 N–H and O–H groups in total. The Bertz CT molecular complexity index is 375. The van der Waals surface area contributed by atoms with Crippen LogP contribution in [0, 0.1) is 6.92 Å². The second-order valence-electron chi connectivity index (χ2n) is 4.91. The third-order valence-corrected chi connectivity index (χ3v) is 2.83. The molecule has 3 heteroatoms. The van der Waals surface area contributed by atoms with E-state index in [0.29, 0.717) is 6.04 Å². The fourth-order valence-electron chi connectivity index (χ4n) is 1.65. The van der Waals surface area contributed by atoms with E-state index in [1.54, 1.807) is 0 Å². The van der Waals surface area contributed by atoms with Gasteiger partial charge in [-0.05, 0) is 38.5 Å². The lowest BCUT2D eigenvalue weighted by atomic mass is 10.1. The second-order valence-corrected chi connectivity index (χ2v) is 5.83. The van der Waals surface area contributed by atoms with Crippen molar-refractivity contribution in [2.45, 2.75) is 53.3 Å². The molecule has 0 amide bonds. The Morgan fingerprint density at radius 2 is 1.88 bits per heavy atom. The van der Waals surface area contributed by atoms with Crippen LogP contribution in [0.4, 0.5) is 0 Å². The third-order valence-electron chi connectivity index (χ3n) is 2.37. The minimum Gasteiger partial charge on any atom is -0.490 e. The molecular formula is C14H22BrNO. The van der Waals surface area contributed by atoms with E-state index < -0.39 is 0 Å². The Balaban J connectivity index is 2.98. The fraction of sp³-hybridized carbons (Fsp3) is 0.571. The van der Waals surface area contributed by atoms with E-state index in [1.165, 1.54) is 11.1 Å².